The highest BCUT2D eigenvalue weighted by atomic mass is 16.6. The van der Waals surface area contributed by atoms with Crippen LogP contribution in [-0.2, 0) is 30.3 Å². The van der Waals surface area contributed by atoms with Gasteiger partial charge in [0.2, 0.25) is 6.23 Å². The number of benzene rings is 1. The number of carbonyl (C=O) groups excluding carboxylic acids is 2. The lowest BCUT2D eigenvalue weighted by Crippen LogP contribution is -2.55. The number of hydrogen-bond acceptors (Lipinski definition) is 9. The van der Waals surface area contributed by atoms with Gasteiger partial charge in [-0.2, -0.15) is 0 Å². The SMILES string of the molecule is CCOC(=O)C(OCC)N1CCN(CC2CN(CCC3CCN(Cc4ccccc4)CC3)C(C=O)O2)CC1. The minimum Gasteiger partial charge on any atom is -0.463 e. The summed E-state index contributed by atoms with van der Waals surface area (Å²) in [7, 11) is 0. The molecule has 3 aliphatic rings. The Kier molecular flexibility index (Phi) is 11.5. The van der Waals surface area contributed by atoms with Crippen LogP contribution >= 0.6 is 0 Å². The standard InChI is InChI=1S/C29H46N4O5/c1-3-36-28(29(35)37-4-2)32-18-16-31(17-19-32)21-26-22-33(27(23-34)38-26)15-12-24-10-13-30(14-11-24)20-25-8-6-5-7-9-25/h5-9,23-24,26-28H,3-4,10-22H2,1-2H3. The van der Waals surface area contributed by atoms with Gasteiger partial charge in [-0.3, -0.25) is 24.4 Å². The van der Waals surface area contributed by atoms with E-state index in [4.69, 9.17) is 14.2 Å². The zero-order valence-electron chi connectivity index (χ0n) is 23.2. The first-order chi connectivity index (χ1) is 18.6. The Labute approximate surface area is 228 Å². The van der Waals surface area contributed by atoms with Crippen molar-refractivity contribution in [3.8, 4) is 0 Å². The fraction of sp³-hybridized carbons (Fsp3) is 0.724. The fourth-order valence-corrected chi connectivity index (χ4v) is 5.91. The highest BCUT2D eigenvalue weighted by molar-refractivity contribution is 5.74. The van der Waals surface area contributed by atoms with Crippen molar-refractivity contribution in [2.75, 3.05) is 72.1 Å². The van der Waals surface area contributed by atoms with Crippen molar-refractivity contribution in [1.29, 1.82) is 0 Å². The molecule has 9 nitrogen and oxygen atoms in total. The maximum absolute atomic E-state index is 12.3. The van der Waals surface area contributed by atoms with Gasteiger partial charge in [0.15, 0.2) is 12.5 Å². The summed E-state index contributed by atoms with van der Waals surface area (Å²) in [5.74, 6) is 0.396. The van der Waals surface area contributed by atoms with Crippen LogP contribution in [0.15, 0.2) is 30.3 Å². The molecule has 0 N–H and O–H groups in total. The van der Waals surface area contributed by atoms with E-state index in [2.05, 4.69) is 49.9 Å². The van der Waals surface area contributed by atoms with E-state index in [1.807, 2.05) is 13.8 Å². The molecule has 3 aliphatic heterocycles. The lowest BCUT2D eigenvalue weighted by Gasteiger charge is -2.38. The smallest absolute Gasteiger partial charge is 0.350 e. The first kappa shape index (κ1) is 29.1. The maximum Gasteiger partial charge on any atom is 0.350 e. The van der Waals surface area contributed by atoms with Crippen molar-refractivity contribution in [2.24, 2.45) is 5.92 Å². The van der Waals surface area contributed by atoms with Crippen LogP contribution < -0.4 is 0 Å². The summed E-state index contributed by atoms with van der Waals surface area (Å²) in [5.41, 5.74) is 1.38. The van der Waals surface area contributed by atoms with Gasteiger partial charge in [0.1, 0.15) is 0 Å². The summed E-state index contributed by atoms with van der Waals surface area (Å²) in [5, 5.41) is 0. The molecule has 0 radical (unpaired) electrons. The predicted octanol–water partition coefficient (Wildman–Crippen LogP) is 2.06. The number of hydrogen-bond donors (Lipinski definition) is 0. The van der Waals surface area contributed by atoms with Crippen molar-refractivity contribution in [2.45, 2.75) is 58.2 Å². The molecule has 212 valence electrons. The van der Waals surface area contributed by atoms with Gasteiger partial charge in [-0.15, -0.1) is 0 Å². The third kappa shape index (κ3) is 8.31. The molecule has 3 fully saturated rings. The molecular formula is C29H46N4O5. The van der Waals surface area contributed by atoms with E-state index in [0.29, 0.717) is 19.1 Å². The zero-order chi connectivity index (χ0) is 26.7. The average molecular weight is 531 g/mol. The van der Waals surface area contributed by atoms with E-state index in [0.717, 1.165) is 78.2 Å². The number of nitrogens with zero attached hydrogens (tertiary/aromatic N) is 4. The Morgan fingerprint density at radius 3 is 2.42 bits per heavy atom. The number of aldehydes is 1. The summed E-state index contributed by atoms with van der Waals surface area (Å²) < 4.78 is 17.0. The molecule has 0 bridgehead atoms. The number of piperidine rings is 1. The molecule has 1 aromatic carbocycles. The molecule has 38 heavy (non-hydrogen) atoms. The van der Waals surface area contributed by atoms with E-state index >= 15 is 0 Å². The summed E-state index contributed by atoms with van der Waals surface area (Å²) in [6, 6.07) is 10.7. The molecule has 3 unspecified atom stereocenters. The molecule has 0 aliphatic carbocycles. The Bertz CT molecular complexity index is 843. The minimum atomic E-state index is -0.634. The number of carbonyl (C=O) groups is 2. The van der Waals surface area contributed by atoms with Gasteiger partial charge in [0.25, 0.3) is 0 Å². The van der Waals surface area contributed by atoms with Crippen LogP contribution in [0.25, 0.3) is 0 Å². The van der Waals surface area contributed by atoms with E-state index in [1.54, 1.807) is 0 Å². The van der Waals surface area contributed by atoms with Crippen molar-refractivity contribution in [3.63, 3.8) is 0 Å². The lowest BCUT2D eigenvalue weighted by atomic mass is 9.93. The van der Waals surface area contributed by atoms with Gasteiger partial charge in [-0.1, -0.05) is 30.3 Å². The monoisotopic (exact) mass is 530 g/mol. The molecule has 1 aromatic rings. The summed E-state index contributed by atoms with van der Waals surface area (Å²) >= 11 is 0. The van der Waals surface area contributed by atoms with Crippen LogP contribution in [0, 0.1) is 5.92 Å². The minimum absolute atomic E-state index is 0.0252. The Morgan fingerprint density at radius 2 is 1.76 bits per heavy atom. The molecule has 4 rings (SSSR count). The number of rotatable bonds is 13. The van der Waals surface area contributed by atoms with Crippen molar-refractivity contribution >= 4 is 12.3 Å². The van der Waals surface area contributed by atoms with Crippen molar-refractivity contribution < 1.29 is 23.8 Å². The van der Waals surface area contributed by atoms with Gasteiger partial charge in [-0.05, 0) is 57.7 Å². The van der Waals surface area contributed by atoms with E-state index in [-0.39, 0.29) is 12.1 Å². The van der Waals surface area contributed by atoms with Gasteiger partial charge in [-0.25, -0.2) is 4.79 Å². The molecule has 3 atom stereocenters. The van der Waals surface area contributed by atoms with Gasteiger partial charge < -0.3 is 14.2 Å². The van der Waals surface area contributed by atoms with Crippen LogP contribution in [-0.4, -0.2) is 123 Å². The first-order valence-corrected chi connectivity index (χ1v) is 14.4. The number of ether oxygens (including phenoxy) is 3. The highest BCUT2D eigenvalue weighted by Gasteiger charge is 2.36. The van der Waals surface area contributed by atoms with Crippen LogP contribution in [0.2, 0.25) is 0 Å². The summed E-state index contributed by atoms with van der Waals surface area (Å²) in [6.45, 7) is 13.5. The molecule has 9 heteroatoms. The molecule has 0 spiro atoms. The molecule has 0 saturated carbocycles. The summed E-state index contributed by atoms with van der Waals surface area (Å²) in [6.07, 6.45) is 3.45. The largest absolute Gasteiger partial charge is 0.463 e. The lowest BCUT2D eigenvalue weighted by molar-refractivity contribution is -0.173. The van der Waals surface area contributed by atoms with E-state index in [9.17, 15) is 9.59 Å². The van der Waals surface area contributed by atoms with Gasteiger partial charge >= 0.3 is 5.97 Å². The topological polar surface area (TPSA) is 74.8 Å². The predicted molar refractivity (Wildman–Crippen MR) is 145 cm³/mol. The Morgan fingerprint density at radius 1 is 1.03 bits per heavy atom. The number of piperazine rings is 1. The molecule has 3 saturated heterocycles. The first-order valence-electron chi connectivity index (χ1n) is 14.4. The molecular weight excluding hydrogens is 484 g/mol. The summed E-state index contributed by atoms with van der Waals surface area (Å²) in [4.78, 5) is 33.3. The number of esters is 1. The zero-order valence-corrected chi connectivity index (χ0v) is 23.2. The van der Waals surface area contributed by atoms with Crippen LogP contribution in [0.5, 0.6) is 0 Å². The van der Waals surface area contributed by atoms with Crippen LogP contribution in [0.3, 0.4) is 0 Å². The number of likely N-dealkylation sites (tertiary alicyclic amines) is 1. The highest BCUT2D eigenvalue weighted by Crippen LogP contribution is 2.24. The average Bonchev–Trinajstić information content (AvgIpc) is 3.34. The Balaban J connectivity index is 1.16. The fourth-order valence-electron chi connectivity index (χ4n) is 5.91. The quantitative estimate of drug-likeness (QED) is 0.281. The normalized spacial score (nSPS) is 25.4. The molecule has 3 heterocycles. The second-order valence-corrected chi connectivity index (χ2v) is 10.7. The maximum atomic E-state index is 12.3. The van der Waals surface area contributed by atoms with Crippen LogP contribution in [0.4, 0.5) is 0 Å². The third-order valence-electron chi connectivity index (χ3n) is 8.04. The van der Waals surface area contributed by atoms with Crippen molar-refractivity contribution in [1.82, 2.24) is 19.6 Å². The van der Waals surface area contributed by atoms with E-state index in [1.165, 1.54) is 18.4 Å². The second kappa shape index (κ2) is 15.1. The third-order valence-corrected chi connectivity index (χ3v) is 8.04. The van der Waals surface area contributed by atoms with Crippen LogP contribution in [0.1, 0.15) is 38.7 Å². The molecule has 0 amide bonds. The van der Waals surface area contributed by atoms with Gasteiger partial charge in [0, 0.05) is 59.0 Å². The second-order valence-electron chi connectivity index (χ2n) is 10.7. The van der Waals surface area contributed by atoms with Crippen molar-refractivity contribution in [3.05, 3.63) is 35.9 Å². The molecule has 0 aromatic heterocycles. The van der Waals surface area contributed by atoms with Gasteiger partial charge in [0.05, 0.1) is 12.7 Å². The van der Waals surface area contributed by atoms with E-state index < -0.39 is 12.5 Å². The Hall–Kier alpha value is -1.88.